The van der Waals surface area contributed by atoms with E-state index in [1.165, 1.54) is 6.08 Å². The maximum absolute atomic E-state index is 12.6. The second-order valence-electron chi connectivity index (χ2n) is 6.77. The number of nitrogens with one attached hydrogen (secondary N) is 1. The number of nitrogens with zero attached hydrogens (tertiary/aromatic N) is 3. The molecule has 0 saturated carbocycles. The van der Waals surface area contributed by atoms with Crippen molar-refractivity contribution in [1.82, 2.24) is 19.8 Å². The lowest BCUT2D eigenvalue weighted by atomic mass is 10.2. The molecule has 1 aromatic heterocycles. The van der Waals surface area contributed by atoms with Crippen molar-refractivity contribution in [3.63, 3.8) is 0 Å². The van der Waals surface area contributed by atoms with Crippen molar-refractivity contribution in [3.8, 4) is 0 Å². The molecule has 28 heavy (non-hydrogen) atoms. The van der Waals surface area contributed by atoms with Gasteiger partial charge in [0.25, 0.3) is 0 Å². The number of aryl methyl sites for hydroxylation is 1. The Morgan fingerprint density at radius 3 is 2.61 bits per heavy atom. The first-order chi connectivity index (χ1) is 13.6. The molecule has 0 aliphatic heterocycles. The van der Waals surface area contributed by atoms with Crippen LogP contribution in [0.2, 0.25) is 0 Å². The molecule has 0 saturated heterocycles. The molecule has 0 unspecified atom stereocenters. The van der Waals surface area contributed by atoms with Crippen LogP contribution < -0.4 is 5.32 Å². The molecule has 0 bridgehead atoms. The maximum Gasteiger partial charge on any atom is 0.243 e. The van der Waals surface area contributed by atoms with Gasteiger partial charge in [0.15, 0.2) is 0 Å². The van der Waals surface area contributed by atoms with E-state index in [0.717, 1.165) is 55.6 Å². The van der Waals surface area contributed by atoms with Crippen molar-refractivity contribution in [2.45, 2.75) is 53.0 Å². The molecule has 6 heteroatoms. The number of rotatable bonds is 11. The van der Waals surface area contributed by atoms with Crippen LogP contribution in [0.15, 0.2) is 36.4 Å². The average Bonchev–Trinajstić information content (AvgIpc) is 3.03. The third-order valence-electron chi connectivity index (χ3n) is 4.84. The Balaban J connectivity index is 1.98. The number of imidazole rings is 1. The SMILES string of the molecule is C/C=C/C(=O)NCCCCCc1nc2ccccc2n1CC(=O)N(CC)CC. The van der Waals surface area contributed by atoms with Gasteiger partial charge in [-0.2, -0.15) is 0 Å². The lowest BCUT2D eigenvalue weighted by molar-refractivity contribution is -0.131. The quantitative estimate of drug-likeness (QED) is 0.477. The Morgan fingerprint density at radius 2 is 1.89 bits per heavy atom. The Kier molecular flexibility index (Phi) is 8.72. The van der Waals surface area contributed by atoms with Gasteiger partial charge in [-0.15, -0.1) is 0 Å². The van der Waals surface area contributed by atoms with E-state index in [1.54, 1.807) is 6.08 Å². The summed E-state index contributed by atoms with van der Waals surface area (Å²) < 4.78 is 2.06. The first-order valence-electron chi connectivity index (χ1n) is 10.2. The molecule has 2 rings (SSSR count). The Labute approximate surface area is 167 Å². The normalized spacial score (nSPS) is 11.2. The number of carbonyl (C=O) groups excluding carboxylic acids is 2. The number of likely N-dealkylation sites (N-methyl/N-ethyl adjacent to an activating group) is 1. The number of benzene rings is 1. The number of hydrogen-bond donors (Lipinski definition) is 1. The molecule has 1 aromatic carbocycles. The molecule has 0 atom stereocenters. The Bertz CT molecular complexity index is 806. The van der Waals surface area contributed by atoms with Gasteiger partial charge in [0, 0.05) is 26.1 Å². The molecule has 6 nitrogen and oxygen atoms in total. The second-order valence-corrected chi connectivity index (χ2v) is 6.77. The molecule has 0 aliphatic rings. The van der Waals surface area contributed by atoms with Crippen molar-refractivity contribution in [2.75, 3.05) is 19.6 Å². The first kappa shape index (κ1) is 21.7. The monoisotopic (exact) mass is 384 g/mol. The van der Waals surface area contributed by atoms with Gasteiger partial charge < -0.3 is 14.8 Å². The number of allylic oxidation sites excluding steroid dienone is 1. The second kappa shape index (κ2) is 11.3. The van der Waals surface area contributed by atoms with Crippen LogP contribution in [0, 0.1) is 0 Å². The lowest BCUT2D eigenvalue weighted by Gasteiger charge is -2.20. The molecule has 2 amide bonds. The van der Waals surface area contributed by atoms with Gasteiger partial charge in [-0.25, -0.2) is 4.98 Å². The van der Waals surface area contributed by atoms with Gasteiger partial charge >= 0.3 is 0 Å². The minimum Gasteiger partial charge on any atom is -0.353 e. The molecule has 0 aliphatic carbocycles. The number of carbonyl (C=O) groups is 2. The van der Waals surface area contributed by atoms with Crippen LogP contribution in [0.1, 0.15) is 45.9 Å². The van der Waals surface area contributed by atoms with Crippen LogP contribution in [0.4, 0.5) is 0 Å². The highest BCUT2D eigenvalue weighted by atomic mass is 16.2. The Morgan fingerprint density at radius 1 is 1.14 bits per heavy atom. The van der Waals surface area contributed by atoms with Crippen molar-refractivity contribution in [2.24, 2.45) is 0 Å². The van der Waals surface area contributed by atoms with Crippen LogP contribution in [-0.2, 0) is 22.6 Å². The summed E-state index contributed by atoms with van der Waals surface area (Å²) in [5, 5.41) is 2.87. The zero-order valence-electron chi connectivity index (χ0n) is 17.3. The van der Waals surface area contributed by atoms with E-state index in [-0.39, 0.29) is 11.8 Å². The molecular weight excluding hydrogens is 352 g/mol. The molecule has 152 valence electrons. The van der Waals surface area contributed by atoms with E-state index in [1.807, 2.05) is 49.9 Å². The van der Waals surface area contributed by atoms with E-state index in [0.29, 0.717) is 13.1 Å². The van der Waals surface area contributed by atoms with Gasteiger partial charge in [-0.1, -0.05) is 24.6 Å². The Hall–Kier alpha value is -2.63. The van der Waals surface area contributed by atoms with Crippen molar-refractivity contribution < 1.29 is 9.59 Å². The summed E-state index contributed by atoms with van der Waals surface area (Å²) in [7, 11) is 0. The summed E-state index contributed by atoms with van der Waals surface area (Å²) in [4.78, 5) is 30.6. The minimum absolute atomic E-state index is 0.0424. The van der Waals surface area contributed by atoms with Gasteiger partial charge in [-0.3, -0.25) is 9.59 Å². The lowest BCUT2D eigenvalue weighted by Crippen LogP contribution is -2.33. The number of hydrogen-bond acceptors (Lipinski definition) is 3. The van der Waals surface area contributed by atoms with E-state index >= 15 is 0 Å². The van der Waals surface area contributed by atoms with E-state index < -0.39 is 0 Å². The smallest absolute Gasteiger partial charge is 0.243 e. The summed E-state index contributed by atoms with van der Waals surface area (Å²) >= 11 is 0. The van der Waals surface area contributed by atoms with Crippen LogP contribution in [0.3, 0.4) is 0 Å². The van der Waals surface area contributed by atoms with E-state index in [4.69, 9.17) is 4.98 Å². The van der Waals surface area contributed by atoms with Crippen molar-refractivity contribution in [1.29, 1.82) is 0 Å². The zero-order valence-corrected chi connectivity index (χ0v) is 17.3. The average molecular weight is 385 g/mol. The summed E-state index contributed by atoms with van der Waals surface area (Å²) in [6.45, 7) is 8.28. The largest absolute Gasteiger partial charge is 0.353 e. The van der Waals surface area contributed by atoms with Crippen molar-refractivity contribution in [3.05, 3.63) is 42.2 Å². The summed E-state index contributed by atoms with van der Waals surface area (Å²) in [6, 6.07) is 7.98. The highest BCUT2D eigenvalue weighted by Crippen LogP contribution is 2.18. The molecule has 2 aromatic rings. The van der Waals surface area contributed by atoms with Crippen LogP contribution in [0.5, 0.6) is 0 Å². The summed E-state index contributed by atoms with van der Waals surface area (Å²) in [5.74, 6) is 1.04. The van der Waals surface area contributed by atoms with Gasteiger partial charge in [0.05, 0.1) is 11.0 Å². The third kappa shape index (κ3) is 5.94. The van der Waals surface area contributed by atoms with E-state index in [2.05, 4.69) is 9.88 Å². The van der Waals surface area contributed by atoms with Crippen LogP contribution >= 0.6 is 0 Å². The number of unbranched alkanes of at least 4 members (excludes halogenated alkanes) is 2. The summed E-state index contributed by atoms with van der Waals surface area (Å²) in [6.07, 6.45) is 7.01. The van der Waals surface area contributed by atoms with Gasteiger partial charge in [0.1, 0.15) is 12.4 Å². The molecular formula is C22H32N4O2. The molecule has 1 heterocycles. The number of aromatic nitrogens is 2. The number of amides is 2. The predicted molar refractivity (Wildman–Crippen MR) is 113 cm³/mol. The number of para-hydroxylation sites is 2. The zero-order chi connectivity index (χ0) is 20.4. The minimum atomic E-state index is -0.0424. The predicted octanol–water partition coefficient (Wildman–Crippen LogP) is 3.31. The van der Waals surface area contributed by atoms with E-state index in [9.17, 15) is 9.59 Å². The first-order valence-corrected chi connectivity index (χ1v) is 10.2. The van der Waals surface area contributed by atoms with Crippen molar-refractivity contribution >= 4 is 22.8 Å². The summed E-state index contributed by atoms with van der Waals surface area (Å²) in [5.41, 5.74) is 1.94. The fourth-order valence-electron chi connectivity index (χ4n) is 3.31. The molecule has 1 N–H and O–H groups in total. The molecule has 0 spiro atoms. The van der Waals surface area contributed by atoms with Crippen LogP contribution in [0.25, 0.3) is 11.0 Å². The maximum atomic E-state index is 12.6. The van der Waals surface area contributed by atoms with Gasteiger partial charge in [0.2, 0.25) is 11.8 Å². The number of fused-ring (bicyclic) bond motifs is 1. The molecule has 0 radical (unpaired) electrons. The standard InChI is InChI=1S/C22H32N4O2/c1-4-12-21(27)23-16-11-7-8-15-20-24-18-13-9-10-14-19(18)26(20)17-22(28)25(5-2)6-3/h4,9-10,12-14H,5-8,11,15-17H2,1-3H3,(H,23,27)/b12-4+. The van der Waals surface area contributed by atoms with Gasteiger partial charge in [-0.05, 0) is 51.8 Å². The fraction of sp³-hybridized carbons (Fsp3) is 0.500. The highest BCUT2D eigenvalue weighted by Gasteiger charge is 2.16. The third-order valence-corrected chi connectivity index (χ3v) is 4.84. The van der Waals surface area contributed by atoms with Crippen LogP contribution in [-0.4, -0.2) is 45.9 Å². The highest BCUT2D eigenvalue weighted by molar-refractivity contribution is 5.87. The fourth-order valence-corrected chi connectivity index (χ4v) is 3.31. The molecule has 0 fully saturated rings. The topological polar surface area (TPSA) is 67.2 Å².